The zero-order chi connectivity index (χ0) is 12.4. The predicted molar refractivity (Wildman–Crippen MR) is 72.7 cm³/mol. The minimum Gasteiger partial charge on any atom is -0.461 e. The number of aromatic nitrogens is 2. The molecule has 0 unspecified atom stereocenters. The molecule has 1 atom stereocenters. The number of furan rings is 1. The van der Waals surface area contributed by atoms with E-state index in [0.717, 1.165) is 18.0 Å². The summed E-state index contributed by atoms with van der Waals surface area (Å²) in [7, 11) is 0. The Morgan fingerprint density at radius 1 is 1.44 bits per heavy atom. The Morgan fingerprint density at radius 3 is 3.11 bits per heavy atom. The first kappa shape index (κ1) is 11.3. The lowest BCUT2D eigenvalue weighted by Gasteiger charge is -2.14. The number of thiophene rings is 1. The van der Waals surface area contributed by atoms with Crippen molar-refractivity contribution in [2.75, 3.05) is 0 Å². The monoisotopic (exact) mass is 258 g/mol. The molecule has 0 aromatic carbocycles. The normalized spacial score (nSPS) is 12.7. The van der Waals surface area contributed by atoms with E-state index < -0.39 is 0 Å². The molecule has 92 valence electrons. The summed E-state index contributed by atoms with van der Waals surface area (Å²) < 4.78 is 7.59. The van der Waals surface area contributed by atoms with Gasteiger partial charge in [0.25, 0.3) is 0 Å². The van der Waals surface area contributed by atoms with Crippen LogP contribution in [0.2, 0.25) is 0 Å². The van der Waals surface area contributed by atoms with Crippen LogP contribution in [-0.4, -0.2) is 9.55 Å². The number of nitrogens with zero attached hydrogens (tertiary/aromatic N) is 2. The van der Waals surface area contributed by atoms with E-state index in [-0.39, 0.29) is 0 Å². The molecule has 18 heavy (non-hydrogen) atoms. The first-order valence-corrected chi connectivity index (χ1v) is 6.86. The molecule has 0 amide bonds. The molecular weight excluding hydrogens is 244 g/mol. The van der Waals surface area contributed by atoms with Gasteiger partial charge in [0.1, 0.15) is 0 Å². The quantitative estimate of drug-likeness (QED) is 0.708. The molecule has 0 bridgehead atoms. The van der Waals surface area contributed by atoms with Crippen molar-refractivity contribution in [2.45, 2.75) is 19.4 Å². The molecule has 0 aliphatic carbocycles. The molecule has 3 aromatic heterocycles. The van der Waals surface area contributed by atoms with Gasteiger partial charge in [-0.3, -0.25) is 0 Å². The first-order chi connectivity index (χ1) is 8.84. The lowest BCUT2D eigenvalue weighted by Crippen LogP contribution is -2.08. The maximum absolute atomic E-state index is 5.42. The Morgan fingerprint density at radius 2 is 2.39 bits per heavy atom. The Hall–Kier alpha value is -1.81. The minimum absolute atomic E-state index is 0.363. The van der Waals surface area contributed by atoms with Crippen molar-refractivity contribution < 1.29 is 4.42 Å². The molecular formula is C14H14N2OS. The average molecular weight is 258 g/mol. The topological polar surface area (TPSA) is 31.0 Å². The van der Waals surface area contributed by atoms with E-state index in [9.17, 15) is 0 Å². The average Bonchev–Trinajstić information content (AvgIpc) is 3.11. The Labute approximate surface area is 110 Å². The van der Waals surface area contributed by atoms with Crippen LogP contribution >= 0.6 is 11.3 Å². The summed E-state index contributed by atoms with van der Waals surface area (Å²) in [6, 6.07) is 6.36. The van der Waals surface area contributed by atoms with Crippen molar-refractivity contribution in [1.29, 1.82) is 0 Å². The molecule has 3 aromatic rings. The fraction of sp³-hybridized carbons (Fsp3) is 0.214. The van der Waals surface area contributed by atoms with Gasteiger partial charge in [-0.25, -0.2) is 4.98 Å². The minimum atomic E-state index is 0.363. The van der Waals surface area contributed by atoms with Gasteiger partial charge in [0.05, 0.1) is 6.26 Å². The van der Waals surface area contributed by atoms with Gasteiger partial charge in [-0.2, -0.15) is 11.3 Å². The van der Waals surface area contributed by atoms with E-state index in [1.54, 1.807) is 17.6 Å². The van der Waals surface area contributed by atoms with Crippen LogP contribution in [0.3, 0.4) is 0 Å². The van der Waals surface area contributed by atoms with Crippen molar-refractivity contribution in [3.63, 3.8) is 0 Å². The predicted octanol–water partition coefficient (Wildman–Crippen LogP) is 4.01. The highest BCUT2D eigenvalue weighted by Crippen LogP contribution is 2.24. The van der Waals surface area contributed by atoms with Crippen molar-refractivity contribution >= 4 is 11.3 Å². The number of rotatable bonds is 4. The smallest absolute Gasteiger partial charge is 0.176 e. The molecule has 0 fully saturated rings. The molecule has 0 N–H and O–H groups in total. The Kier molecular flexibility index (Phi) is 3.02. The van der Waals surface area contributed by atoms with Crippen LogP contribution in [0.15, 0.2) is 52.0 Å². The van der Waals surface area contributed by atoms with Crippen molar-refractivity contribution in [3.8, 4) is 11.6 Å². The summed E-state index contributed by atoms with van der Waals surface area (Å²) in [5.74, 6) is 1.71. The van der Waals surface area contributed by atoms with Crippen molar-refractivity contribution in [1.82, 2.24) is 9.55 Å². The van der Waals surface area contributed by atoms with Crippen molar-refractivity contribution in [3.05, 3.63) is 53.2 Å². The zero-order valence-corrected chi connectivity index (χ0v) is 10.9. The number of hydrogen-bond acceptors (Lipinski definition) is 3. The molecule has 4 heteroatoms. The molecule has 0 aliphatic rings. The fourth-order valence-electron chi connectivity index (χ4n) is 2.11. The van der Waals surface area contributed by atoms with E-state index >= 15 is 0 Å². The summed E-state index contributed by atoms with van der Waals surface area (Å²) in [5, 5.41) is 4.31. The van der Waals surface area contributed by atoms with Crippen LogP contribution in [-0.2, 0) is 6.42 Å². The largest absolute Gasteiger partial charge is 0.461 e. The fourth-order valence-corrected chi connectivity index (χ4v) is 2.80. The summed E-state index contributed by atoms with van der Waals surface area (Å²) in [6.45, 7) is 2.20. The van der Waals surface area contributed by atoms with Crippen LogP contribution < -0.4 is 0 Å². The zero-order valence-electron chi connectivity index (χ0n) is 10.1. The Bertz CT molecular complexity index is 596. The highest BCUT2D eigenvalue weighted by molar-refractivity contribution is 7.07. The van der Waals surface area contributed by atoms with Gasteiger partial charge in [-0.05, 0) is 47.9 Å². The summed E-state index contributed by atoms with van der Waals surface area (Å²) in [4.78, 5) is 4.38. The first-order valence-electron chi connectivity index (χ1n) is 5.92. The van der Waals surface area contributed by atoms with Gasteiger partial charge >= 0.3 is 0 Å². The molecule has 0 radical (unpaired) electrons. The SMILES string of the molecule is C[C@H](Cc1ccsc1)n1ccnc1-c1ccco1. The van der Waals surface area contributed by atoms with Crippen molar-refractivity contribution in [2.24, 2.45) is 0 Å². The summed E-state index contributed by atoms with van der Waals surface area (Å²) in [5.41, 5.74) is 1.37. The van der Waals surface area contributed by atoms with Gasteiger partial charge < -0.3 is 8.98 Å². The van der Waals surface area contributed by atoms with Crippen LogP contribution in [0.4, 0.5) is 0 Å². The summed E-state index contributed by atoms with van der Waals surface area (Å²) >= 11 is 1.74. The molecule has 3 heterocycles. The van der Waals surface area contributed by atoms with E-state index in [0.29, 0.717) is 6.04 Å². The van der Waals surface area contributed by atoms with Crippen LogP contribution in [0.1, 0.15) is 18.5 Å². The third-order valence-electron chi connectivity index (χ3n) is 3.00. The lowest BCUT2D eigenvalue weighted by molar-refractivity contribution is 0.526. The number of imidazole rings is 1. The maximum atomic E-state index is 5.42. The third kappa shape index (κ3) is 2.11. The van der Waals surface area contributed by atoms with E-state index in [2.05, 4.69) is 33.3 Å². The van der Waals surface area contributed by atoms with E-state index in [1.807, 2.05) is 24.5 Å². The standard InChI is InChI=1S/C14H14N2OS/c1-11(9-12-4-8-18-10-12)16-6-5-15-14(16)13-3-2-7-17-13/h2-8,10-11H,9H2,1H3/t11-/m1/s1. The van der Waals surface area contributed by atoms with Crippen LogP contribution in [0.25, 0.3) is 11.6 Å². The second-order valence-electron chi connectivity index (χ2n) is 4.32. The van der Waals surface area contributed by atoms with Gasteiger partial charge in [0.15, 0.2) is 11.6 Å². The number of hydrogen-bond donors (Lipinski definition) is 0. The van der Waals surface area contributed by atoms with Gasteiger partial charge in [0, 0.05) is 18.4 Å². The second-order valence-corrected chi connectivity index (χ2v) is 5.10. The van der Waals surface area contributed by atoms with Gasteiger partial charge in [-0.15, -0.1) is 0 Å². The summed E-state index contributed by atoms with van der Waals surface area (Å²) in [6.07, 6.45) is 6.52. The van der Waals surface area contributed by atoms with E-state index in [1.165, 1.54) is 5.56 Å². The van der Waals surface area contributed by atoms with Gasteiger partial charge in [-0.1, -0.05) is 0 Å². The highest BCUT2D eigenvalue weighted by atomic mass is 32.1. The Balaban J connectivity index is 1.86. The molecule has 0 saturated heterocycles. The van der Waals surface area contributed by atoms with E-state index in [4.69, 9.17) is 4.42 Å². The molecule has 0 aliphatic heterocycles. The lowest BCUT2D eigenvalue weighted by atomic mass is 10.1. The third-order valence-corrected chi connectivity index (χ3v) is 3.73. The maximum Gasteiger partial charge on any atom is 0.176 e. The highest BCUT2D eigenvalue weighted by Gasteiger charge is 2.14. The van der Waals surface area contributed by atoms with Crippen LogP contribution in [0.5, 0.6) is 0 Å². The molecule has 0 saturated carbocycles. The molecule has 3 rings (SSSR count). The van der Waals surface area contributed by atoms with Gasteiger partial charge in [0.2, 0.25) is 0 Å². The van der Waals surface area contributed by atoms with Crippen LogP contribution in [0, 0.1) is 0 Å². The second kappa shape index (κ2) is 4.82. The molecule has 3 nitrogen and oxygen atoms in total. The molecule has 0 spiro atoms.